The second-order valence-corrected chi connectivity index (χ2v) is 12.8. The lowest BCUT2D eigenvalue weighted by Gasteiger charge is -2.18. The highest BCUT2D eigenvalue weighted by Crippen LogP contribution is 2.37. The Morgan fingerprint density at radius 2 is 1.29 bits per heavy atom. The van der Waals surface area contributed by atoms with Crippen molar-refractivity contribution in [2.24, 2.45) is 0 Å². The summed E-state index contributed by atoms with van der Waals surface area (Å²) in [4.78, 5) is 52.3. The van der Waals surface area contributed by atoms with Gasteiger partial charge in [0.05, 0.1) is 10.6 Å². The van der Waals surface area contributed by atoms with Crippen molar-refractivity contribution in [2.45, 2.75) is 10.1 Å². The van der Waals surface area contributed by atoms with Gasteiger partial charge in [-0.2, -0.15) is 0 Å². The number of carboxylic acid groups (broad SMARTS) is 1. The monoisotopic (exact) mass is 729 g/mol. The van der Waals surface area contributed by atoms with Gasteiger partial charge in [-0.05, 0) is 78.4 Å². The van der Waals surface area contributed by atoms with Crippen LogP contribution in [0.25, 0.3) is 6.08 Å². The summed E-state index contributed by atoms with van der Waals surface area (Å²) < 4.78 is 0. The Morgan fingerprint density at radius 3 is 1.92 bits per heavy atom. The topological polar surface area (TPSA) is 125 Å². The van der Waals surface area contributed by atoms with Gasteiger partial charge in [-0.1, -0.05) is 89.4 Å². The molecule has 0 saturated carbocycles. The predicted molar refractivity (Wildman–Crippen MR) is 195 cm³/mol. The molecule has 0 aliphatic heterocycles. The zero-order valence-corrected chi connectivity index (χ0v) is 28.4. The van der Waals surface area contributed by atoms with E-state index in [4.69, 9.17) is 34.8 Å². The summed E-state index contributed by atoms with van der Waals surface area (Å²) in [6.07, 6.45) is 1.41. The lowest BCUT2D eigenvalue weighted by molar-refractivity contribution is -0.116. The molecule has 5 aromatic carbocycles. The van der Waals surface area contributed by atoms with E-state index in [0.717, 1.165) is 5.56 Å². The number of carbonyl (C=O) groups is 4. The molecular formula is C37H26Cl3N3O5S. The Balaban J connectivity index is 1.35. The number of anilines is 2. The smallest absolute Gasteiger partial charge is 0.337 e. The zero-order valence-electron chi connectivity index (χ0n) is 25.3. The van der Waals surface area contributed by atoms with Crippen molar-refractivity contribution in [3.05, 3.63) is 164 Å². The second-order valence-electron chi connectivity index (χ2n) is 10.4. The molecular weight excluding hydrogens is 705 g/mol. The van der Waals surface area contributed by atoms with E-state index in [1.807, 2.05) is 30.3 Å². The van der Waals surface area contributed by atoms with Crippen LogP contribution in [0.15, 0.2) is 132 Å². The van der Waals surface area contributed by atoms with E-state index in [0.29, 0.717) is 31.8 Å². The van der Waals surface area contributed by atoms with Gasteiger partial charge in [0.2, 0.25) is 5.91 Å². The zero-order chi connectivity index (χ0) is 34.9. The van der Waals surface area contributed by atoms with Crippen molar-refractivity contribution in [3.63, 3.8) is 0 Å². The van der Waals surface area contributed by atoms with Crippen LogP contribution in [0.1, 0.15) is 37.1 Å². The van der Waals surface area contributed by atoms with Crippen molar-refractivity contribution in [2.75, 3.05) is 10.6 Å². The van der Waals surface area contributed by atoms with Crippen molar-refractivity contribution in [1.29, 1.82) is 0 Å². The summed E-state index contributed by atoms with van der Waals surface area (Å²) in [5, 5.41) is 17.6. The highest BCUT2D eigenvalue weighted by Gasteiger charge is 2.23. The number of thioether (sulfide) groups is 1. The number of nitrogens with one attached hydrogen (secondary N) is 3. The maximum absolute atomic E-state index is 13.5. The standard InChI is InChI=1S/C37H26Cl3N3O5S/c38-29-12-7-13-30(39)27(29)21-32(43-34(44)23-10-5-2-6-11-23)35(45)41-24-14-17-26(18-15-24)49-33(22-8-3-1-4-9-22)36(46)42-25-16-19-31(40)28(20-25)37(47)48/h1-21,33H,(H,41,45)(H,42,46)(H,43,44)(H,47,48)/b32-21-. The first-order valence-electron chi connectivity index (χ1n) is 14.6. The number of halogens is 3. The first-order valence-corrected chi connectivity index (χ1v) is 16.6. The fourth-order valence-electron chi connectivity index (χ4n) is 4.56. The van der Waals surface area contributed by atoms with Crippen LogP contribution < -0.4 is 16.0 Å². The number of aromatic carboxylic acids is 1. The Bertz CT molecular complexity index is 2020. The van der Waals surface area contributed by atoms with Gasteiger partial charge in [-0.3, -0.25) is 14.4 Å². The SMILES string of the molecule is O=C(Nc1ccc(SC(C(=O)Nc2ccc(Cl)c(C(=O)O)c2)c2ccccc2)cc1)/C(=C/c1c(Cl)cccc1Cl)NC(=O)c1ccccc1. The molecule has 5 aromatic rings. The first kappa shape index (κ1) is 35.3. The number of carboxylic acids is 1. The van der Waals surface area contributed by atoms with Gasteiger partial charge in [0, 0.05) is 37.4 Å². The quantitative estimate of drug-likeness (QED) is 0.0794. The third-order valence-corrected chi connectivity index (χ3v) is 9.24. The molecule has 0 radical (unpaired) electrons. The summed E-state index contributed by atoms with van der Waals surface area (Å²) in [6.45, 7) is 0. The molecule has 0 heterocycles. The fraction of sp³-hybridized carbons (Fsp3) is 0.0270. The molecule has 0 aromatic heterocycles. The minimum Gasteiger partial charge on any atom is -0.478 e. The number of hydrogen-bond acceptors (Lipinski definition) is 5. The van der Waals surface area contributed by atoms with Gasteiger partial charge in [0.25, 0.3) is 11.8 Å². The lowest BCUT2D eigenvalue weighted by atomic mass is 10.1. The molecule has 3 amide bonds. The lowest BCUT2D eigenvalue weighted by Crippen LogP contribution is -2.30. The number of benzene rings is 5. The van der Waals surface area contributed by atoms with E-state index >= 15 is 0 Å². The molecule has 0 saturated heterocycles. The van der Waals surface area contributed by atoms with Gasteiger partial charge < -0.3 is 21.1 Å². The van der Waals surface area contributed by atoms with Crippen LogP contribution in [-0.2, 0) is 9.59 Å². The van der Waals surface area contributed by atoms with Gasteiger partial charge in [-0.25, -0.2) is 4.79 Å². The van der Waals surface area contributed by atoms with Crippen molar-refractivity contribution >= 4 is 87.7 Å². The number of rotatable bonds is 11. The van der Waals surface area contributed by atoms with Crippen LogP contribution >= 0.6 is 46.6 Å². The summed E-state index contributed by atoms with van der Waals surface area (Å²) in [5.74, 6) is -2.71. The fourth-order valence-corrected chi connectivity index (χ4v) is 6.29. The van der Waals surface area contributed by atoms with Crippen molar-refractivity contribution < 1.29 is 24.3 Å². The van der Waals surface area contributed by atoms with E-state index in [1.165, 1.54) is 36.0 Å². The third-order valence-electron chi connectivity index (χ3n) is 6.99. The van der Waals surface area contributed by atoms with Crippen molar-refractivity contribution in [1.82, 2.24) is 5.32 Å². The molecule has 246 valence electrons. The normalized spacial score (nSPS) is 11.7. The van der Waals surface area contributed by atoms with E-state index in [1.54, 1.807) is 72.8 Å². The molecule has 0 aliphatic carbocycles. The molecule has 0 spiro atoms. The van der Waals surface area contributed by atoms with Crippen LogP contribution in [0.4, 0.5) is 11.4 Å². The molecule has 49 heavy (non-hydrogen) atoms. The van der Waals surface area contributed by atoms with Gasteiger partial charge in [0.1, 0.15) is 10.9 Å². The molecule has 1 atom stereocenters. The minimum absolute atomic E-state index is 0.0560. The number of amides is 3. The van der Waals surface area contributed by atoms with Gasteiger partial charge in [0.15, 0.2) is 0 Å². The summed E-state index contributed by atoms with van der Waals surface area (Å²) in [6, 6.07) is 33.5. The Kier molecular flexibility index (Phi) is 11.8. The largest absolute Gasteiger partial charge is 0.478 e. The highest BCUT2D eigenvalue weighted by molar-refractivity contribution is 8.00. The summed E-state index contributed by atoms with van der Waals surface area (Å²) >= 11 is 20.0. The molecule has 1 unspecified atom stereocenters. The highest BCUT2D eigenvalue weighted by atomic mass is 35.5. The number of hydrogen-bond donors (Lipinski definition) is 4. The molecule has 8 nitrogen and oxygen atoms in total. The molecule has 4 N–H and O–H groups in total. The van der Waals surface area contributed by atoms with Crippen LogP contribution in [0.5, 0.6) is 0 Å². The summed E-state index contributed by atoms with van der Waals surface area (Å²) in [7, 11) is 0. The Hall–Kier alpha value is -5.06. The molecule has 12 heteroatoms. The van der Waals surface area contributed by atoms with E-state index in [-0.39, 0.29) is 27.9 Å². The predicted octanol–water partition coefficient (Wildman–Crippen LogP) is 9.23. The number of carbonyl (C=O) groups excluding carboxylic acids is 3. The van der Waals surface area contributed by atoms with Crippen LogP contribution in [0, 0.1) is 0 Å². The maximum atomic E-state index is 13.5. The molecule has 0 bridgehead atoms. The van der Waals surface area contributed by atoms with E-state index < -0.39 is 23.0 Å². The second kappa shape index (κ2) is 16.4. The third kappa shape index (κ3) is 9.31. The molecule has 0 aliphatic rings. The van der Waals surface area contributed by atoms with Gasteiger partial charge >= 0.3 is 5.97 Å². The first-order chi connectivity index (χ1) is 23.6. The minimum atomic E-state index is -1.21. The van der Waals surface area contributed by atoms with Gasteiger partial charge in [-0.15, -0.1) is 11.8 Å². The van der Waals surface area contributed by atoms with E-state index in [2.05, 4.69) is 16.0 Å². The molecule has 5 rings (SSSR count). The van der Waals surface area contributed by atoms with Crippen LogP contribution in [0.3, 0.4) is 0 Å². The van der Waals surface area contributed by atoms with E-state index in [9.17, 15) is 24.3 Å². The average Bonchev–Trinajstić information content (AvgIpc) is 3.10. The Labute approximate surface area is 301 Å². The van der Waals surface area contributed by atoms with Crippen molar-refractivity contribution in [3.8, 4) is 0 Å². The van der Waals surface area contributed by atoms with Crippen LogP contribution in [-0.4, -0.2) is 28.8 Å². The maximum Gasteiger partial charge on any atom is 0.337 e. The summed E-state index contributed by atoms with van der Waals surface area (Å²) in [5.41, 5.74) is 1.92. The average molecular weight is 731 g/mol. The van der Waals surface area contributed by atoms with Crippen LogP contribution in [0.2, 0.25) is 15.1 Å². The molecule has 0 fully saturated rings. The Morgan fingerprint density at radius 1 is 0.673 bits per heavy atom.